The fourth-order valence-corrected chi connectivity index (χ4v) is 1.81. The van der Waals surface area contributed by atoms with Crippen LogP contribution in [0.4, 0.5) is 4.39 Å². The number of halogens is 2. The van der Waals surface area contributed by atoms with Gasteiger partial charge in [-0.05, 0) is 44.5 Å². The molecule has 0 aliphatic carbocycles. The Bertz CT molecular complexity index is 443. The van der Waals surface area contributed by atoms with Gasteiger partial charge in [-0.3, -0.25) is 4.79 Å². The second kappa shape index (κ2) is 5.80. The van der Waals surface area contributed by atoms with E-state index >= 15 is 0 Å². The van der Waals surface area contributed by atoms with Crippen molar-refractivity contribution in [2.75, 3.05) is 0 Å². The maximum Gasteiger partial charge on any atom is 0.323 e. The van der Waals surface area contributed by atoms with Crippen molar-refractivity contribution in [2.45, 2.75) is 38.8 Å². The molecule has 0 bridgehead atoms. The minimum absolute atomic E-state index is 0.111. The van der Waals surface area contributed by atoms with Crippen LogP contribution < -0.4 is 5.73 Å². The molecule has 0 heterocycles. The molecule has 18 heavy (non-hydrogen) atoms. The first-order valence-electron chi connectivity index (χ1n) is 5.61. The average molecular weight is 318 g/mol. The molecule has 5 heteroatoms. The van der Waals surface area contributed by atoms with E-state index in [0.29, 0.717) is 5.56 Å². The number of hydrogen-bond acceptors (Lipinski definition) is 3. The molecule has 100 valence electrons. The van der Waals surface area contributed by atoms with Gasteiger partial charge in [0, 0.05) is 10.9 Å². The lowest BCUT2D eigenvalue weighted by molar-refractivity contribution is -0.156. The molecule has 0 amide bonds. The van der Waals surface area contributed by atoms with E-state index in [2.05, 4.69) is 15.9 Å². The third-order valence-corrected chi connectivity index (χ3v) is 2.65. The minimum atomic E-state index is -0.868. The van der Waals surface area contributed by atoms with Crippen molar-refractivity contribution in [3.8, 4) is 0 Å². The smallest absolute Gasteiger partial charge is 0.323 e. The van der Waals surface area contributed by atoms with Gasteiger partial charge >= 0.3 is 5.97 Å². The predicted octanol–water partition coefficient (Wildman–Crippen LogP) is 2.80. The van der Waals surface area contributed by atoms with Crippen molar-refractivity contribution in [3.05, 3.63) is 34.1 Å². The van der Waals surface area contributed by atoms with Gasteiger partial charge in [0.15, 0.2) is 0 Å². The third kappa shape index (κ3) is 4.74. The molecule has 0 aliphatic rings. The van der Waals surface area contributed by atoms with Crippen LogP contribution in [0.5, 0.6) is 0 Å². The summed E-state index contributed by atoms with van der Waals surface area (Å²) in [6, 6.07) is 3.67. The van der Waals surface area contributed by atoms with Gasteiger partial charge in [-0.15, -0.1) is 0 Å². The molecule has 1 atom stereocenters. The van der Waals surface area contributed by atoms with E-state index < -0.39 is 17.6 Å². The van der Waals surface area contributed by atoms with Crippen LogP contribution in [0, 0.1) is 5.82 Å². The fraction of sp³-hybridized carbons (Fsp3) is 0.462. The van der Waals surface area contributed by atoms with E-state index in [0.717, 1.165) is 4.47 Å². The first kappa shape index (κ1) is 15.1. The molecule has 1 rings (SSSR count). The number of nitrogens with two attached hydrogens (primary N) is 1. The Kier molecular flexibility index (Phi) is 4.87. The molecule has 0 saturated heterocycles. The SMILES string of the molecule is CC(C)(C)OC(=O)C(N)Cc1cc(Br)ccc1F. The van der Waals surface area contributed by atoms with Crippen LogP contribution >= 0.6 is 15.9 Å². The Morgan fingerprint density at radius 1 is 1.50 bits per heavy atom. The Morgan fingerprint density at radius 3 is 2.67 bits per heavy atom. The molecule has 1 aromatic carbocycles. The van der Waals surface area contributed by atoms with Gasteiger partial charge in [0.05, 0.1) is 0 Å². The zero-order chi connectivity index (χ0) is 13.9. The van der Waals surface area contributed by atoms with E-state index in [-0.39, 0.29) is 12.2 Å². The Balaban J connectivity index is 2.72. The number of ether oxygens (including phenoxy) is 1. The lowest BCUT2D eigenvalue weighted by Crippen LogP contribution is -2.39. The van der Waals surface area contributed by atoms with Crippen molar-refractivity contribution in [2.24, 2.45) is 5.73 Å². The second-order valence-electron chi connectivity index (χ2n) is 5.08. The predicted molar refractivity (Wildman–Crippen MR) is 71.6 cm³/mol. The molecule has 2 N–H and O–H groups in total. The number of hydrogen-bond donors (Lipinski definition) is 1. The van der Waals surface area contributed by atoms with E-state index in [1.54, 1.807) is 32.9 Å². The van der Waals surface area contributed by atoms with E-state index in [9.17, 15) is 9.18 Å². The molecule has 0 radical (unpaired) electrons. The van der Waals surface area contributed by atoms with Crippen LogP contribution in [0.1, 0.15) is 26.3 Å². The van der Waals surface area contributed by atoms with Gasteiger partial charge < -0.3 is 10.5 Å². The second-order valence-corrected chi connectivity index (χ2v) is 6.00. The molecule has 0 aromatic heterocycles. The molecular formula is C13H17BrFNO2. The number of benzene rings is 1. The molecular weight excluding hydrogens is 301 g/mol. The van der Waals surface area contributed by atoms with Gasteiger partial charge in [-0.25, -0.2) is 4.39 Å². The summed E-state index contributed by atoms with van der Waals surface area (Å²) in [5.41, 5.74) is 5.52. The zero-order valence-corrected chi connectivity index (χ0v) is 12.3. The largest absolute Gasteiger partial charge is 0.459 e. The van der Waals surface area contributed by atoms with Crippen molar-refractivity contribution < 1.29 is 13.9 Å². The summed E-state index contributed by atoms with van der Waals surface area (Å²) in [4.78, 5) is 11.7. The highest BCUT2D eigenvalue weighted by Gasteiger charge is 2.23. The highest BCUT2D eigenvalue weighted by atomic mass is 79.9. The fourth-order valence-electron chi connectivity index (χ4n) is 1.40. The highest BCUT2D eigenvalue weighted by molar-refractivity contribution is 9.10. The highest BCUT2D eigenvalue weighted by Crippen LogP contribution is 2.17. The van der Waals surface area contributed by atoms with Crippen LogP contribution in [-0.2, 0) is 16.0 Å². The van der Waals surface area contributed by atoms with Gasteiger partial charge in [0.1, 0.15) is 17.5 Å². The topological polar surface area (TPSA) is 52.3 Å². The number of carbonyl (C=O) groups excluding carboxylic acids is 1. The van der Waals surface area contributed by atoms with E-state index in [1.807, 2.05) is 0 Å². The van der Waals surface area contributed by atoms with Gasteiger partial charge in [-0.1, -0.05) is 15.9 Å². The lowest BCUT2D eigenvalue weighted by atomic mass is 10.1. The molecule has 3 nitrogen and oxygen atoms in total. The molecule has 0 saturated carbocycles. The summed E-state index contributed by atoms with van der Waals surface area (Å²) in [5.74, 6) is -0.904. The Hall–Kier alpha value is -0.940. The van der Waals surface area contributed by atoms with Crippen molar-refractivity contribution in [1.82, 2.24) is 0 Å². The zero-order valence-electron chi connectivity index (χ0n) is 10.7. The third-order valence-electron chi connectivity index (χ3n) is 2.16. The summed E-state index contributed by atoms with van der Waals surface area (Å²) in [5, 5.41) is 0. The summed E-state index contributed by atoms with van der Waals surface area (Å²) in [6.45, 7) is 5.28. The lowest BCUT2D eigenvalue weighted by Gasteiger charge is -2.22. The van der Waals surface area contributed by atoms with Crippen LogP contribution in [0.3, 0.4) is 0 Å². The summed E-state index contributed by atoms with van der Waals surface area (Å²) in [7, 11) is 0. The molecule has 0 fully saturated rings. The first-order valence-corrected chi connectivity index (χ1v) is 6.41. The van der Waals surface area contributed by atoms with Gasteiger partial charge in [0.25, 0.3) is 0 Å². The minimum Gasteiger partial charge on any atom is -0.459 e. The summed E-state index contributed by atoms with van der Waals surface area (Å²) in [6.07, 6.45) is 0.111. The van der Waals surface area contributed by atoms with Crippen molar-refractivity contribution in [3.63, 3.8) is 0 Å². The monoisotopic (exact) mass is 317 g/mol. The Morgan fingerprint density at radius 2 is 2.11 bits per heavy atom. The number of rotatable bonds is 3. The van der Waals surface area contributed by atoms with E-state index in [1.165, 1.54) is 6.07 Å². The average Bonchev–Trinajstić information content (AvgIpc) is 2.21. The standard InChI is InChI=1S/C13H17BrFNO2/c1-13(2,3)18-12(17)11(16)7-8-6-9(14)4-5-10(8)15/h4-6,11H,7,16H2,1-3H3. The molecule has 0 spiro atoms. The quantitative estimate of drug-likeness (QED) is 0.872. The molecule has 1 aromatic rings. The molecule has 0 aliphatic heterocycles. The molecule has 1 unspecified atom stereocenters. The normalized spacial score (nSPS) is 13.2. The number of esters is 1. The number of carbonyl (C=O) groups is 1. The van der Waals surface area contributed by atoms with Crippen LogP contribution in [0.25, 0.3) is 0 Å². The van der Waals surface area contributed by atoms with Crippen LogP contribution in [0.2, 0.25) is 0 Å². The summed E-state index contributed by atoms with van der Waals surface area (Å²) < 4.78 is 19.4. The van der Waals surface area contributed by atoms with Crippen LogP contribution in [-0.4, -0.2) is 17.6 Å². The van der Waals surface area contributed by atoms with E-state index in [4.69, 9.17) is 10.5 Å². The summed E-state index contributed by atoms with van der Waals surface area (Å²) >= 11 is 3.25. The maximum absolute atomic E-state index is 13.5. The van der Waals surface area contributed by atoms with Gasteiger partial charge in [0.2, 0.25) is 0 Å². The first-order chi connectivity index (χ1) is 8.19. The van der Waals surface area contributed by atoms with Gasteiger partial charge in [-0.2, -0.15) is 0 Å². The maximum atomic E-state index is 13.5. The van der Waals surface area contributed by atoms with Crippen LogP contribution in [0.15, 0.2) is 22.7 Å². The van der Waals surface area contributed by atoms with Crippen molar-refractivity contribution >= 4 is 21.9 Å². The van der Waals surface area contributed by atoms with Crippen molar-refractivity contribution in [1.29, 1.82) is 0 Å². The Labute approximate surface area is 115 Å².